The number of carbonyl (C=O) groups is 2. The van der Waals surface area contributed by atoms with Crippen LogP contribution in [0.15, 0.2) is 46.6 Å². The van der Waals surface area contributed by atoms with E-state index in [0.29, 0.717) is 35.1 Å². The average Bonchev–Trinajstić information content (AvgIpc) is 2.82. The van der Waals surface area contributed by atoms with E-state index >= 15 is 0 Å². The van der Waals surface area contributed by atoms with Crippen molar-refractivity contribution >= 4 is 11.6 Å². The highest BCUT2D eigenvalue weighted by Gasteiger charge is 2.34. The Morgan fingerprint density at radius 1 is 0.786 bits per heavy atom. The topological polar surface area (TPSA) is 34.1 Å². The quantitative estimate of drug-likeness (QED) is 0.536. The highest BCUT2D eigenvalue weighted by atomic mass is 16.1. The molecule has 0 spiro atoms. The molecule has 3 aliphatic rings. The van der Waals surface area contributed by atoms with Crippen LogP contribution in [0.2, 0.25) is 0 Å². The third-order valence-electron chi connectivity index (χ3n) is 2.90. The van der Waals surface area contributed by atoms with Crippen LogP contribution in [-0.2, 0) is 9.59 Å². The first-order valence-electron chi connectivity index (χ1n) is 4.68. The molecule has 68 valence electrons. The lowest BCUT2D eigenvalue weighted by Crippen LogP contribution is -2.19. The highest BCUT2D eigenvalue weighted by Crippen LogP contribution is 2.35. The van der Waals surface area contributed by atoms with E-state index in [-0.39, 0.29) is 11.6 Å². The van der Waals surface area contributed by atoms with Gasteiger partial charge in [0.2, 0.25) is 0 Å². The van der Waals surface area contributed by atoms with Crippen LogP contribution < -0.4 is 0 Å². The first kappa shape index (κ1) is 7.68. The predicted octanol–water partition coefficient (Wildman–Crippen LogP) is 1.65. The minimum Gasteiger partial charge on any atom is -0.289 e. The molecule has 2 heteroatoms. The van der Waals surface area contributed by atoms with E-state index in [9.17, 15) is 9.59 Å². The summed E-state index contributed by atoms with van der Waals surface area (Å²) in [5.41, 5.74) is 2.61. The summed E-state index contributed by atoms with van der Waals surface area (Å²) in [5.74, 6) is 0.0988. The van der Waals surface area contributed by atoms with Gasteiger partial charge < -0.3 is 0 Å². The number of rotatable bonds is 0. The van der Waals surface area contributed by atoms with Crippen LogP contribution in [0.25, 0.3) is 0 Å². The Morgan fingerprint density at radius 2 is 1.29 bits per heavy atom. The van der Waals surface area contributed by atoms with E-state index in [1.54, 1.807) is 12.2 Å². The van der Waals surface area contributed by atoms with Crippen LogP contribution in [0.1, 0.15) is 12.8 Å². The van der Waals surface area contributed by atoms with Crippen molar-refractivity contribution in [3.05, 3.63) is 46.6 Å². The maximum absolute atomic E-state index is 11.9. The molecule has 0 aromatic carbocycles. The lowest BCUT2D eigenvalue weighted by atomic mass is 9.86. The molecule has 0 atom stereocenters. The van der Waals surface area contributed by atoms with Crippen molar-refractivity contribution in [3.63, 3.8) is 0 Å². The number of allylic oxidation sites excluding steroid dienone is 8. The second-order valence-electron chi connectivity index (χ2n) is 3.66. The molecule has 0 amide bonds. The fourth-order valence-corrected chi connectivity index (χ4v) is 2.19. The second-order valence-corrected chi connectivity index (χ2v) is 3.66. The normalized spacial score (nSPS) is 23.7. The molecule has 0 saturated carbocycles. The molecule has 3 rings (SSSR count). The summed E-state index contributed by atoms with van der Waals surface area (Å²) >= 11 is 0. The molecule has 0 radical (unpaired) electrons. The van der Waals surface area contributed by atoms with Crippen molar-refractivity contribution in [2.45, 2.75) is 12.8 Å². The molecule has 0 fully saturated rings. The van der Waals surface area contributed by atoms with E-state index in [4.69, 9.17) is 0 Å². The lowest BCUT2D eigenvalue weighted by molar-refractivity contribution is -0.116. The zero-order chi connectivity index (χ0) is 9.71. The van der Waals surface area contributed by atoms with Crippen LogP contribution in [0.3, 0.4) is 0 Å². The molecule has 0 saturated heterocycles. The zero-order valence-electron chi connectivity index (χ0n) is 7.54. The predicted molar refractivity (Wildman–Crippen MR) is 51.6 cm³/mol. The number of hydrogen-bond acceptors (Lipinski definition) is 2. The summed E-state index contributed by atoms with van der Waals surface area (Å²) in [5, 5.41) is 0. The molecule has 2 nitrogen and oxygen atoms in total. The Morgan fingerprint density at radius 3 is 1.79 bits per heavy atom. The average molecular weight is 184 g/mol. The molecule has 0 bridgehead atoms. The number of ketones is 2. The molecule has 3 aliphatic carbocycles. The maximum atomic E-state index is 11.9. The van der Waals surface area contributed by atoms with Crippen molar-refractivity contribution in [2.24, 2.45) is 0 Å². The summed E-state index contributed by atoms with van der Waals surface area (Å²) < 4.78 is 0. The summed E-state index contributed by atoms with van der Waals surface area (Å²) in [7, 11) is 0. The van der Waals surface area contributed by atoms with Crippen molar-refractivity contribution in [1.29, 1.82) is 0 Å². The van der Waals surface area contributed by atoms with Crippen LogP contribution in [0.4, 0.5) is 0 Å². The smallest absolute Gasteiger partial charge is 0.193 e. The van der Waals surface area contributed by atoms with Gasteiger partial charge in [0.1, 0.15) is 0 Å². The molecular formula is C12H8O2. The molecule has 0 unspecified atom stereocenters. The van der Waals surface area contributed by atoms with Gasteiger partial charge in [0.25, 0.3) is 0 Å². The standard InChI is InChI=1S/C12H8O2/c13-11-7-3-1-4-8(7)12(14)10-6-2-5-9(10)11/h1-3,5H,4,6H2. The van der Waals surface area contributed by atoms with Crippen LogP contribution in [0, 0.1) is 0 Å². The van der Waals surface area contributed by atoms with Gasteiger partial charge >= 0.3 is 0 Å². The van der Waals surface area contributed by atoms with E-state index in [1.165, 1.54) is 0 Å². The SMILES string of the molecule is O=C1C2=C(CC=C2)C(=O)C2=C1C=CC2. The lowest BCUT2D eigenvalue weighted by Gasteiger charge is -2.14. The Bertz CT molecular complexity index is 442. The number of carbonyl (C=O) groups excluding carboxylic acids is 2. The van der Waals surface area contributed by atoms with E-state index in [0.717, 1.165) is 0 Å². The van der Waals surface area contributed by atoms with Crippen LogP contribution in [0.5, 0.6) is 0 Å². The van der Waals surface area contributed by atoms with Gasteiger partial charge in [-0.1, -0.05) is 24.3 Å². The fourth-order valence-electron chi connectivity index (χ4n) is 2.19. The summed E-state index contributed by atoms with van der Waals surface area (Å²) in [4.78, 5) is 23.7. The number of Topliss-reactive ketones (excluding diaryl/α,β-unsaturated/α-hetero) is 2. The maximum Gasteiger partial charge on any atom is 0.193 e. The minimum atomic E-state index is 0.0251. The Hall–Kier alpha value is -1.70. The third-order valence-corrected chi connectivity index (χ3v) is 2.90. The molecule has 0 aromatic rings. The first-order valence-corrected chi connectivity index (χ1v) is 4.68. The second kappa shape index (κ2) is 2.41. The van der Waals surface area contributed by atoms with Crippen molar-refractivity contribution in [1.82, 2.24) is 0 Å². The molecule has 0 heterocycles. The molecule has 0 aromatic heterocycles. The third kappa shape index (κ3) is 0.757. The molecule has 0 aliphatic heterocycles. The Balaban J connectivity index is 2.20. The molecule has 0 N–H and O–H groups in total. The van der Waals surface area contributed by atoms with Gasteiger partial charge in [0.05, 0.1) is 0 Å². The Labute approximate surface area is 81.3 Å². The van der Waals surface area contributed by atoms with Crippen LogP contribution in [-0.4, -0.2) is 11.6 Å². The zero-order valence-corrected chi connectivity index (χ0v) is 7.54. The Kier molecular flexibility index (Phi) is 1.32. The molecule has 14 heavy (non-hydrogen) atoms. The fraction of sp³-hybridized carbons (Fsp3) is 0.167. The van der Waals surface area contributed by atoms with E-state index in [1.807, 2.05) is 12.2 Å². The van der Waals surface area contributed by atoms with Crippen molar-refractivity contribution in [2.75, 3.05) is 0 Å². The van der Waals surface area contributed by atoms with Gasteiger partial charge in [-0.05, 0) is 12.8 Å². The van der Waals surface area contributed by atoms with Gasteiger partial charge in [0.15, 0.2) is 11.6 Å². The van der Waals surface area contributed by atoms with Gasteiger partial charge in [-0.2, -0.15) is 0 Å². The monoisotopic (exact) mass is 184 g/mol. The largest absolute Gasteiger partial charge is 0.289 e. The molecular weight excluding hydrogens is 176 g/mol. The van der Waals surface area contributed by atoms with E-state index < -0.39 is 0 Å². The number of hydrogen-bond donors (Lipinski definition) is 0. The van der Waals surface area contributed by atoms with Crippen LogP contribution >= 0.6 is 0 Å². The van der Waals surface area contributed by atoms with Gasteiger partial charge in [-0.15, -0.1) is 0 Å². The van der Waals surface area contributed by atoms with Gasteiger partial charge in [-0.25, -0.2) is 0 Å². The summed E-state index contributed by atoms with van der Waals surface area (Å²) in [6, 6.07) is 0. The first-order chi connectivity index (χ1) is 6.79. The summed E-state index contributed by atoms with van der Waals surface area (Å²) in [6.07, 6.45) is 8.54. The van der Waals surface area contributed by atoms with Gasteiger partial charge in [-0.3, -0.25) is 9.59 Å². The van der Waals surface area contributed by atoms with Crippen molar-refractivity contribution in [3.8, 4) is 0 Å². The summed E-state index contributed by atoms with van der Waals surface area (Å²) in [6.45, 7) is 0. The van der Waals surface area contributed by atoms with Gasteiger partial charge in [0, 0.05) is 22.3 Å². The van der Waals surface area contributed by atoms with E-state index in [2.05, 4.69) is 0 Å². The van der Waals surface area contributed by atoms with Crippen molar-refractivity contribution < 1.29 is 9.59 Å². The minimum absolute atomic E-state index is 0.0251. The highest BCUT2D eigenvalue weighted by molar-refractivity contribution is 6.28.